The molecule has 1 aromatic heterocycles. The standard InChI is InChI=1S/C18H30N4O2/c1-14(12-15-5-10-24-11-6-15)20-16-4-3-8-22(13-16)17-18(23)21(2)9-7-19-17/h7,9,14-16,20H,3-6,8,10-13H2,1-2H3. The Morgan fingerprint density at radius 3 is 2.96 bits per heavy atom. The summed E-state index contributed by atoms with van der Waals surface area (Å²) in [7, 11) is 1.78. The minimum Gasteiger partial charge on any atom is -0.381 e. The molecule has 134 valence electrons. The molecule has 0 saturated carbocycles. The number of piperidine rings is 1. The van der Waals surface area contributed by atoms with Gasteiger partial charge in [-0.3, -0.25) is 4.79 Å². The molecule has 2 fully saturated rings. The molecule has 0 radical (unpaired) electrons. The Morgan fingerprint density at radius 2 is 2.17 bits per heavy atom. The van der Waals surface area contributed by atoms with E-state index in [0.717, 1.165) is 38.6 Å². The monoisotopic (exact) mass is 334 g/mol. The lowest BCUT2D eigenvalue weighted by Gasteiger charge is -2.36. The van der Waals surface area contributed by atoms with E-state index in [1.165, 1.54) is 25.7 Å². The molecule has 3 rings (SSSR count). The average Bonchev–Trinajstić information content (AvgIpc) is 2.58. The smallest absolute Gasteiger partial charge is 0.293 e. The summed E-state index contributed by atoms with van der Waals surface area (Å²) in [4.78, 5) is 18.8. The molecule has 1 aromatic rings. The molecule has 0 spiro atoms. The van der Waals surface area contributed by atoms with Crippen molar-refractivity contribution in [1.29, 1.82) is 0 Å². The van der Waals surface area contributed by atoms with Gasteiger partial charge in [0.05, 0.1) is 0 Å². The molecule has 6 heteroatoms. The van der Waals surface area contributed by atoms with Crippen LogP contribution in [0.2, 0.25) is 0 Å². The molecular weight excluding hydrogens is 304 g/mol. The first kappa shape index (κ1) is 17.4. The van der Waals surface area contributed by atoms with Crippen molar-refractivity contribution in [1.82, 2.24) is 14.9 Å². The zero-order valence-electron chi connectivity index (χ0n) is 14.9. The molecule has 1 N–H and O–H groups in total. The van der Waals surface area contributed by atoms with Gasteiger partial charge in [-0.25, -0.2) is 4.98 Å². The maximum absolute atomic E-state index is 12.3. The summed E-state index contributed by atoms with van der Waals surface area (Å²) in [5.74, 6) is 1.37. The molecule has 0 aromatic carbocycles. The number of aromatic nitrogens is 2. The van der Waals surface area contributed by atoms with Gasteiger partial charge in [-0.2, -0.15) is 0 Å². The van der Waals surface area contributed by atoms with Crippen molar-refractivity contribution in [3.8, 4) is 0 Å². The summed E-state index contributed by atoms with van der Waals surface area (Å²) < 4.78 is 7.05. The number of nitrogens with one attached hydrogen (secondary N) is 1. The van der Waals surface area contributed by atoms with Crippen LogP contribution in [0.1, 0.15) is 39.0 Å². The highest BCUT2D eigenvalue weighted by Crippen LogP contribution is 2.21. The largest absolute Gasteiger partial charge is 0.381 e. The van der Waals surface area contributed by atoms with Crippen molar-refractivity contribution in [3.05, 3.63) is 22.7 Å². The maximum atomic E-state index is 12.3. The molecule has 0 aliphatic carbocycles. The third kappa shape index (κ3) is 4.36. The van der Waals surface area contributed by atoms with Crippen LogP contribution in [-0.2, 0) is 11.8 Å². The van der Waals surface area contributed by atoms with Crippen LogP contribution in [0.15, 0.2) is 17.2 Å². The van der Waals surface area contributed by atoms with E-state index in [9.17, 15) is 4.79 Å². The highest BCUT2D eigenvalue weighted by molar-refractivity contribution is 5.36. The highest BCUT2D eigenvalue weighted by Gasteiger charge is 2.25. The number of hydrogen-bond acceptors (Lipinski definition) is 5. The highest BCUT2D eigenvalue weighted by atomic mass is 16.5. The molecule has 0 amide bonds. The van der Waals surface area contributed by atoms with Crippen molar-refractivity contribution in [3.63, 3.8) is 0 Å². The van der Waals surface area contributed by atoms with Crippen LogP contribution in [0.3, 0.4) is 0 Å². The molecule has 2 unspecified atom stereocenters. The van der Waals surface area contributed by atoms with Gasteiger partial charge < -0.3 is 19.5 Å². The van der Waals surface area contributed by atoms with E-state index >= 15 is 0 Å². The van der Waals surface area contributed by atoms with Crippen molar-refractivity contribution < 1.29 is 4.74 Å². The SMILES string of the molecule is CC(CC1CCOCC1)NC1CCCN(c2nccn(C)c2=O)C1. The molecular formula is C18H30N4O2. The zero-order valence-corrected chi connectivity index (χ0v) is 14.9. The van der Waals surface area contributed by atoms with Gasteiger partial charge in [0.25, 0.3) is 5.56 Å². The van der Waals surface area contributed by atoms with Crippen LogP contribution in [-0.4, -0.2) is 47.9 Å². The van der Waals surface area contributed by atoms with Gasteiger partial charge in [0.1, 0.15) is 0 Å². The second-order valence-electron chi connectivity index (χ2n) is 7.31. The number of anilines is 1. The Kier molecular flexibility index (Phi) is 5.89. The Morgan fingerprint density at radius 1 is 1.38 bits per heavy atom. The minimum absolute atomic E-state index is 0.00611. The molecule has 3 heterocycles. The number of rotatable bonds is 5. The normalized spacial score (nSPS) is 24.1. The van der Waals surface area contributed by atoms with Gasteiger partial charge >= 0.3 is 0 Å². The predicted octanol–water partition coefficient (Wildman–Crippen LogP) is 1.54. The van der Waals surface area contributed by atoms with Gasteiger partial charge in [-0.05, 0) is 44.9 Å². The van der Waals surface area contributed by atoms with E-state index in [0.29, 0.717) is 17.9 Å². The van der Waals surface area contributed by atoms with E-state index in [1.54, 1.807) is 24.0 Å². The Bertz CT molecular complexity index is 583. The number of aryl methyl sites for hydroxylation is 1. The van der Waals surface area contributed by atoms with Crippen molar-refractivity contribution in [2.24, 2.45) is 13.0 Å². The summed E-state index contributed by atoms with van der Waals surface area (Å²) >= 11 is 0. The molecule has 0 bridgehead atoms. The summed E-state index contributed by atoms with van der Waals surface area (Å²) in [5.41, 5.74) is -0.00611. The third-order valence-electron chi connectivity index (χ3n) is 5.27. The van der Waals surface area contributed by atoms with E-state index in [2.05, 4.69) is 22.1 Å². The van der Waals surface area contributed by atoms with Gasteiger partial charge in [-0.15, -0.1) is 0 Å². The lowest BCUT2D eigenvalue weighted by molar-refractivity contribution is 0.0606. The molecule has 2 aliphatic heterocycles. The Labute approximate surface area is 144 Å². The van der Waals surface area contributed by atoms with Crippen molar-refractivity contribution in [2.45, 2.75) is 51.1 Å². The summed E-state index contributed by atoms with van der Waals surface area (Å²) in [6.45, 7) is 5.90. The topological polar surface area (TPSA) is 59.4 Å². The van der Waals surface area contributed by atoms with Crippen LogP contribution in [0.5, 0.6) is 0 Å². The fourth-order valence-corrected chi connectivity index (χ4v) is 3.96. The molecule has 2 aliphatic rings. The first-order valence-electron chi connectivity index (χ1n) is 9.24. The molecule has 2 saturated heterocycles. The van der Waals surface area contributed by atoms with Gasteiger partial charge in [0, 0.05) is 57.8 Å². The van der Waals surface area contributed by atoms with Crippen LogP contribution in [0, 0.1) is 5.92 Å². The number of hydrogen-bond donors (Lipinski definition) is 1. The average molecular weight is 334 g/mol. The van der Waals surface area contributed by atoms with Crippen LogP contribution >= 0.6 is 0 Å². The predicted molar refractivity (Wildman–Crippen MR) is 95.5 cm³/mol. The lowest BCUT2D eigenvalue weighted by atomic mass is 9.92. The quantitative estimate of drug-likeness (QED) is 0.885. The summed E-state index contributed by atoms with van der Waals surface area (Å²) in [6.07, 6.45) is 9.27. The molecule has 6 nitrogen and oxygen atoms in total. The fraction of sp³-hybridized carbons (Fsp3) is 0.778. The van der Waals surface area contributed by atoms with Gasteiger partial charge in [0.15, 0.2) is 5.82 Å². The van der Waals surface area contributed by atoms with E-state index in [-0.39, 0.29) is 5.56 Å². The molecule has 24 heavy (non-hydrogen) atoms. The maximum Gasteiger partial charge on any atom is 0.293 e. The third-order valence-corrected chi connectivity index (χ3v) is 5.27. The lowest BCUT2D eigenvalue weighted by Crippen LogP contribution is -2.50. The van der Waals surface area contributed by atoms with Gasteiger partial charge in [0.2, 0.25) is 0 Å². The van der Waals surface area contributed by atoms with Gasteiger partial charge in [-0.1, -0.05) is 0 Å². The number of ether oxygens (including phenoxy) is 1. The first-order chi connectivity index (χ1) is 11.6. The minimum atomic E-state index is -0.00611. The number of nitrogens with zero attached hydrogens (tertiary/aromatic N) is 3. The van der Waals surface area contributed by atoms with Crippen LogP contribution in [0.4, 0.5) is 5.82 Å². The Balaban J connectivity index is 1.55. The van der Waals surface area contributed by atoms with E-state index in [4.69, 9.17) is 4.74 Å². The van der Waals surface area contributed by atoms with Crippen molar-refractivity contribution in [2.75, 3.05) is 31.2 Å². The second-order valence-corrected chi connectivity index (χ2v) is 7.31. The first-order valence-corrected chi connectivity index (χ1v) is 9.24. The van der Waals surface area contributed by atoms with Crippen LogP contribution in [0.25, 0.3) is 0 Å². The molecule has 2 atom stereocenters. The second kappa shape index (κ2) is 8.12. The summed E-state index contributed by atoms with van der Waals surface area (Å²) in [6, 6.07) is 0.935. The van der Waals surface area contributed by atoms with Crippen molar-refractivity contribution >= 4 is 5.82 Å². The van der Waals surface area contributed by atoms with E-state index in [1.807, 2.05) is 0 Å². The van der Waals surface area contributed by atoms with E-state index < -0.39 is 0 Å². The van der Waals surface area contributed by atoms with Crippen LogP contribution < -0.4 is 15.8 Å². The zero-order chi connectivity index (χ0) is 16.9. The summed E-state index contributed by atoms with van der Waals surface area (Å²) in [5, 5.41) is 3.78. The fourth-order valence-electron chi connectivity index (χ4n) is 3.96. The Hall–Kier alpha value is -1.40.